The minimum Gasteiger partial charge on any atom is -0.381 e. The predicted molar refractivity (Wildman–Crippen MR) is 52.6 cm³/mol. The van der Waals surface area contributed by atoms with Crippen LogP contribution in [-0.2, 0) is 9.47 Å². The summed E-state index contributed by atoms with van der Waals surface area (Å²) in [6, 6.07) is 0.112. The zero-order valence-corrected chi connectivity index (χ0v) is 8.88. The largest absolute Gasteiger partial charge is 0.381 e. The third-order valence-corrected chi connectivity index (χ3v) is 3.07. The van der Waals surface area contributed by atoms with Crippen LogP contribution in [0.1, 0.15) is 26.7 Å². The van der Waals surface area contributed by atoms with Crippen molar-refractivity contribution in [2.75, 3.05) is 20.3 Å². The summed E-state index contributed by atoms with van der Waals surface area (Å²) in [6.07, 6.45) is 1.84. The highest BCUT2D eigenvalue weighted by atomic mass is 16.5. The molecule has 0 bridgehead atoms. The summed E-state index contributed by atoms with van der Waals surface area (Å²) < 4.78 is 10.9. The van der Waals surface area contributed by atoms with Crippen LogP contribution in [0.4, 0.5) is 0 Å². The van der Waals surface area contributed by atoms with Crippen molar-refractivity contribution in [3.05, 3.63) is 0 Å². The molecule has 1 heterocycles. The summed E-state index contributed by atoms with van der Waals surface area (Å²) >= 11 is 0. The molecule has 0 radical (unpaired) electrons. The average Bonchev–Trinajstić information content (AvgIpc) is 2.17. The van der Waals surface area contributed by atoms with Gasteiger partial charge >= 0.3 is 0 Å². The molecule has 78 valence electrons. The highest BCUT2D eigenvalue weighted by molar-refractivity contribution is 4.94. The molecule has 0 spiro atoms. The Morgan fingerprint density at radius 2 is 1.85 bits per heavy atom. The molecule has 3 nitrogen and oxygen atoms in total. The van der Waals surface area contributed by atoms with Crippen LogP contribution in [0.2, 0.25) is 0 Å². The topological polar surface area (TPSA) is 44.5 Å². The molecule has 1 rings (SSSR count). The van der Waals surface area contributed by atoms with Gasteiger partial charge in [-0.1, -0.05) is 13.8 Å². The standard InChI is InChI=1S/C10H21NO2/c1-8(2)9(11)10(12-3)4-6-13-7-5-10/h8-9H,4-7,11H2,1-3H3. The van der Waals surface area contributed by atoms with Crippen LogP contribution in [0.5, 0.6) is 0 Å². The van der Waals surface area contributed by atoms with Gasteiger partial charge in [-0.3, -0.25) is 0 Å². The molecule has 0 amide bonds. The zero-order valence-electron chi connectivity index (χ0n) is 8.88. The van der Waals surface area contributed by atoms with Gasteiger partial charge in [0.05, 0.1) is 5.60 Å². The van der Waals surface area contributed by atoms with Gasteiger partial charge in [-0.25, -0.2) is 0 Å². The van der Waals surface area contributed by atoms with Gasteiger partial charge in [-0.2, -0.15) is 0 Å². The van der Waals surface area contributed by atoms with E-state index in [1.165, 1.54) is 0 Å². The summed E-state index contributed by atoms with van der Waals surface area (Å²) in [5, 5.41) is 0. The molecule has 1 saturated heterocycles. The SMILES string of the molecule is COC1(C(N)C(C)C)CCOCC1. The maximum absolute atomic E-state index is 6.16. The molecule has 1 atom stereocenters. The van der Waals surface area contributed by atoms with E-state index in [1.54, 1.807) is 7.11 Å². The average molecular weight is 187 g/mol. The van der Waals surface area contributed by atoms with Crippen molar-refractivity contribution in [3.63, 3.8) is 0 Å². The van der Waals surface area contributed by atoms with Gasteiger partial charge in [0.2, 0.25) is 0 Å². The molecule has 0 aromatic rings. The third-order valence-electron chi connectivity index (χ3n) is 3.07. The van der Waals surface area contributed by atoms with Gasteiger partial charge in [-0.15, -0.1) is 0 Å². The Balaban J connectivity index is 2.66. The fourth-order valence-corrected chi connectivity index (χ4v) is 2.00. The van der Waals surface area contributed by atoms with Gasteiger partial charge in [-0.05, 0) is 5.92 Å². The van der Waals surface area contributed by atoms with Crippen molar-refractivity contribution in [1.29, 1.82) is 0 Å². The molecule has 3 heteroatoms. The summed E-state index contributed by atoms with van der Waals surface area (Å²) in [4.78, 5) is 0. The van der Waals surface area contributed by atoms with Crippen molar-refractivity contribution in [1.82, 2.24) is 0 Å². The van der Waals surface area contributed by atoms with E-state index in [1.807, 2.05) is 0 Å². The normalized spacial score (nSPS) is 24.7. The Morgan fingerprint density at radius 3 is 2.23 bits per heavy atom. The van der Waals surface area contributed by atoms with E-state index in [0.29, 0.717) is 5.92 Å². The predicted octanol–water partition coefficient (Wildman–Crippen LogP) is 1.17. The van der Waals surface area contributed by atoms with E-state index >= 15 is 0 Å². The number of rotatable bonds is 3. The van der Waals surface area contributed by atoms with Crippen LogP contribution < -0.4 is 5.73 Å². The van der Waals surface area contributed by atoms with Crippen LogP contribution in [0.25, 0.3) is 0 Å². The van der Waals surface area contributed by atoms with Crippen molar-refractivity contribution in [2.24, 2.45) is 11.7 Å². The molecule has 0 saturated carbocycles. The first-order valence-electron chi connectivity index (χ1n) is 5.01. The van der Waals surface area contributed by atoms with Gasteiger partial charge in [0, 0.05) is 39.2 Å². The molecular formula is C10H21NO2. The Morgan fingerprint density at radius 1 is 1.31 bits per heavy atom. The highest BCUT2D eigenvalue weighted by Gasteiger charge is 2.39. The fraction of sp³-hybridized carbons (Fsp3) is 1.00. The van der Waals surface area contributed by atoms with Crippen LogP contribution in [0.15, 0.2) is 0 Å². The molecule has 0 aromatic carbocycles. The molecular weight excluding hydrogens is 166 g/mol. The third kappa shape index (κ3) is 2.22. The van der Waals surface area contributed by atoms with Crippen molar-refractivity contribution < 1.29 is 9.47 Å². The second-order valence-corrected chi connectivity index (χ2v) is 4.15. The van der Waals surface area contributed by atoms with Gasteiger partial charge in [0.15, 0.2) is 0 Å². The molecule has 0 aromatic heterocycles. The minimum absolute atomic E-state index is 0.112. The number of ether oxygens (including phenoxy) is 2. The highest BCUT2D eigenvalue weighted by Crippen LogP contribution is 2.30. The van der Waals surface area contributed by atoms with E-state index in [-0.39, 0.29) is 11.6 Å². The molecule has 1 aliphatic rings. The number of hydrogen-bond donors (Lipinski definition) is 1. The maximum atomic E-state index is 6.16. The summed E-state index contributed by atoms with van der Waals surface area (Å²) in [7, 11) is 1.76. The molecule has 0 aliphatic carbocycles. The van der Waals surface area contributed by atoms with E-state index < -0.39 is 0 Å². The lowest BCUT2D eigenvalue weighted by Gasteiger charge is -2.42. The Labute approximate surface area is 80.6 Å². The van der Waals surface area contributed by atoms with Gasteiger partial charge in [0.25, 0.3) is 0 Å². The monoisotopic (exact) mass is 187 g/mol. The molecule has 1 fully saturated rings. The van der Waals surface area contributed by atoms with Crippen LogP contribution in [0, 0.1) is 5.92 Å². The minimum atomic E-state index is -0.146. The van der Waals surface area contributed by atoms with Crippen LogP contribution in [-0.4, -0.2) is 32.0 Å². The van der Waals surface area contributed by atoms with Gasteiger partial charge in [0.1, 0.15) is 0 Å². The quantitative estimate of drug-likeness (QED) is 0.721. The first-order chi connectivity index (χ1) is 6.12. The zero-order chi connectivity index (χ0) is 9.90. The molecule has 1 unspecified atom stereocenters. The lowest BCUT2D eigenvalue weighted by atomic mass is 9.81. The van der Waals surface area contributed by atoms with E-state index in [2.05, 4.69) is 13.8 Å². The Hall–Kier alpha value is -0.120. The second kappa shape index (κ2) is 4.40. The Bertz CT molecular complexity index is 153. The summed E-state index contributed by atoms with van der Waals surface area (Å²) in [5.74, 6) is 0.457. The van der Waals surface area contributed by atoms with Crippen LogP contribution >= 0.6 is 0 Å². The molecule has 1 aliphatic heterocycles. The van der Waals surface area contributed by atoms with E-state index in [0.717, 1.165) is 26.1 Å². The lowest BCUT2D eigenvalue weighted by Crippen LogP contribution is -2.55. The van der Waals surface area contributed by atoms with Crippen molar-refractivity contribution >= 4 is 0 Å². The van der Waals surface area contributed by atoms with Crippen LogP contribution in [0.3, 0.4) is 0 Å². The van der Waals surface area contributed by atoms with E-state index in [4.69, 9.17) is 15.2 Å². The van der Waals surface area contributed by atoms with Crippen molar-refractivity contribution in [3.8, 4) is 0 Å². The number of hydrogen-bond acceptors (Lipinski definition) is 3. The first-order valence-corrected chi connectivity index (χ1v) is 5.01. The van der Waals surface area contributed by atoms with E-state index in [9.17, 15) is 0 Å². The molecule has 2 N–H and O–H groups in total. The lowest BCUT2D eigenvalue weighted by molar-refractivity contribution is -0.110. The summed E-state index contributed by atoms with van der Waals surface area (Å²) in [5.41, 5.74) is 6.01. The van der Waals surface area contributed by atoms with Gasteiger partial charge < -0.3 is 15.2 Å². The first kappa shape index (κ1) is 11.0. The summed E-state index contributed by atoms with van der Waals surface area (Å²) in [6.45, 7) is 5.82. The second-order valence-electron chi connectivity index (χ2n) is 4.15. The fourth-order valence-electron chi connectivity index (χ4n) is 2.00. The Kier molecular flexibility index (Phi) is 3.71. The number of methoxy groups -OCH3 is 1. The smallest absolute Gasteiger partial charge is 0.0875 e. The maximum Gasteiger partial charge on any atom is 0.0875 e. The van der Waals surface area contributed by atoms with Crippen molar-refractivity contribution in [2.45, 2.75) is 38.3 Å². The molecule has 13 heavy (non-hydrogen) atoms. The number of nitrogens with two attached hydrogens (primary N) is 1.